The molecule has 22 heavy (non-hydrogen) atoms. The fraction of sp³-hybridized carbons (Fsp3) is 0.118. The zero-order valence-corrected chi connectivity index (χ0v) is 12.3. The van der Waals surface area contributed by atoms with Crippen LogP contribution >= 0.6 is 0 Å². The normalized spacial score (nSPS) is 11.2. The summed E-state index contributed by atoms with van der Waals surface area (Å²) in [6.45, 7) is 3.97. The first kappa shape index (κ1) is 12.8. The molecule has 0 aliphatic heterocycles. The summed E-state index contributed by atoms with van der Waals surface area (Å²) < 4.78 is 5.59. The highest BCUT2D eigenvalue weighted by Crippen LogP contribution is 2.33. The number of benzene rings is 1. The van der Waals surface area contributed by atoms with Crippen molar-refractivity contribution in [1.29, 1.82) is 0 Å². The lowest BCUT2D eigenvalue weighted by Crippen LogP contribution is -1.88. The average molecular weight is 290 g/mol. The van der Waals surface area contributed by atoms with Gasteiger partial charge in [-0.2, -0.15) is 5.10 Å². The van der Waals surface area contributed by atoms with E-state index in [0.717, 1.165) is 33.7 Å². The molecule has 1 aromatic carbocycles. The van der Waals surface area contributed by atoms with Crippen molar-refractivity contribution < 1.29 is 4.42 Å². The van der Waals surface area contributed by atoms with E-state index in [4.69, 9.17) is 4.42 Å². The molecule has 4 aromatic rings. The van der Waals surface area contributed by atoms with E-state index in [-0.39, 0.29) is 0 Å². The molecule has 0 radical (unpaired) electrons. The fourth-order valence-electron chi connectivity index (χ4n) is 2.60. The first-order valence-electron chi connectivity index (χ1n) is 7.04. The topological polar surface area (TPSA) is 67.6 Å². The van der Waals surface area contributed by atoms with Crippen molar-refractivity contribution in [2.24, 2.45) is 0 Å². The molecular formula is C17H14N4O. The van der Waals surface area contributed by atoms with Crippen molar-refractivity contribution in [3.63, 3.8) is 0 Å². The Labute approximate surface area is 127 Å². The van der Waals surface area contributed by atoms with Gasteiger partial charge in [-0.1, -0.05) is 29.8 Å². The maximum atomic E-state index is 5.59. The van der Waals surface area contributed by atoms with Crippen LogP contribution in [0.2, 0.25) is 0 Å². The van der Waals surface area contributed by atoms with Crippen molar-refractivity contribution in [2.75, 3.05) is 0 Å². The molecule has 0 fully saturated rings. The Balaban J connectivity index is 1.93. The quantitative estimate of drug-likeness (QED) is 0.608. The van der Waals surface area contributed by atoms with Crippen molar-refractivity contribution in [2.45, 2.75) is 13.8 Å². The van der Waals surface area contributed by atoms with Crippen LogP contribution in [0.1, 0.15) is 11.3 Å². The Morgan fingerprint density at radius 3 is 2.68 bits per heavy atom. The summed E-state index contributed by atoms with van der Waals surface area (Å²) in [6.07, 6.45) is 3.31. The lowest BCUT2D eigenvalue weighted by molar-refractivity contribution is 0.567. The molecule has 0 atom stereocenters. The second-order valence-electron chi connectivity index (χ2n) is 5.32. The van der Waals surface area contributed by atoms with Crippen LogP contribution in [0.3, 0.4) is 0 Å². The van der Waals surface area contributed by atoms with Gasteiger partial charge in [0.2, 0.25) is 5.71 Å². The molecule has 0 unspecified atom stereocenters. The van der Waals surface area contributed by atoms with Gasteiger partial charge in [0.15, 0.2) is 0 Å². The van der Waals surface area contributed by atoms with E-state index in [9.17, 15) is 0 Å². The van der Waals surface area contributed by atoms with Crippen molar-refractivity contribution >= 4 is 11.1 Å². The molecule has 5 nitrogen and oxygen atoms in total. The minimum atomic E-state index is 0.596. The van der Waals surface area contributed by atoms with Crippen molar-refractivity contribution in [3.05, 3.63) is 54.2 Å². The highest BCUT2D eigenvalue weighted by molar-refractivity contribution is 5.94. The number of fused-ring (bicyclic) bond motifs is 1. The maximum absolute atomic E-state index is 5.59. The van der Waals surface area contributed by atoms with E-state index in [1.807, 2.05) is 13.0 Å². The first-order chi connectivity index (χ1) is 10.7. The van der Waals surface area contributed by atoms with E-state index in [1.54, 1.807) is 6.20 Å². The zero-order chi connectivity index (χ0) is 15.1. The number of nitrogens with zero attached hydrogens (tertiary/aromatic N) is 3. The van der Waals surface area contributed by atoms with Gasteiger partial charge in [0.1, 0.15) is 12.1 Å². The smallest absolute Gasteiger partial charge is 0.229 e. The Morgan fingerprint density at radius 1 is 1.05 bits per heavy atom. The number of furan rings is 1. The molecule has 0 saturated carbocycles. The van der Waals surface area contributed by atoms with Crippen LogP contribution in [0.25, 0.3) is 33.6 Å². The van der Waals surface area contributed by atoms with E-state index < -0.39 is 0 Å². The highest BCUT2D eigenvalue weighted by atomic mass is 16.3. The summed E-state index contributed by atoms with van der Waals surface area (Å²) in [5.41, 5.74) is 5.60. The zero-order valence-electron chi connectivity index (χ0n) is 12.3. The molecule has 3 heterocycles. The number of hydrogen-bond acceptors (Lipinski definition) is 4. The SMILES string of the molecule is Cc1ccc(-c2[nH]ncc2-c2ncnc3oc(C)cc23)cc1. The summed E-state index contributed by atoms with van der Waals surface area (Å²) in [5, 5.41) is 8.16. The number of rotatable bonds is 2. The molecule has 5 heteroatoms. The second kappa shape index (κ2) is 4.80. The minimum absolute atomic E-state index is 0.596. The van der Waals surface area contributed by atoms with Crippen molar-refractivity contribution in [1.82, 2.24) is 20.2 Å². The number of nitrogens with one attached hydrogen (secondary N) is 1. The van der Waals surface area contributed by atoms with Gasteiger partial charge in [-0.05, 0) is 19.9 Å². The van der Waals surface area contributed by atoms with Crippen LogP contribution in [0.5, 0.6) is 0 Å². The standard InChI is InChI=1S/C17H14N4O/c1-10-3-5-12(6-4-10)15-14(8-20-21-15)16-13-7-11(2)22-17(13)19-9-18-16/h3-9H,1-2H3,(H,20,21). The van der Waals surface area contributed by atoms with Gasteiger partial charge in [-0.15, -0.1) is 0 Å². The van der Waals surface area contributed by atoms with E-state index in [0.29, 0.717) is 5.71 Å². The van der Waals surface area contributed by atoms with Crippen LogP contribution in [0.15, 0.2) is 47.3 Å². The Hall–Kier alpha value is -2.95. The largest absolute Gasteiger partial charge is 0.443 e. The molecule has 0 aliphatic carbocycles. The first-order valence-corrected chi connectivity index (χ1v) is 7.04. The molecule has 1 N–H and O–H groups in total. The predicted octanol–water partition coefficient (Wildman–Crippen LogP) is 3.90. The molecule has 0 spiro atoms. The van der Waals surface area contributed by atoms with Crippen LogP contribution < -0.4 is 0 Å². The summed E-state index contributed by atoms with van der Waals surface area (Å²) in [5.74, 6) is 0.817. The Bertz CT molecular complexity index is 950. The van der Waals surface area contributed by atoms with Gasteiger partial charge >= 0.3 is 0 Å². The molecule has 3 aromatic heterocycles. The van der Waals surface area contributed by atoms with Gasteiger partial charge in [-0.3, -0.25) is 5.10 Å². The molecule has 0 aliphatic rings. The van der Waals surface area contributed by atoms with E-state index in [1.165, 1.54) is 11.9 Å². The summed E-state index contributed by atoms with van der Waals surface area (Å²) in [4.78, 5) is 8.61. The number of H-pyrrole nitrogens is 1. The summed E-state index contributed by atoms with van der Waals surface area (Å²) in [7, 11) is 0. The molecule has 0 bridgehead atoms. The van der Waals surface area contributed by atoms with Crippen LogP contribution in [0.4, 0.5) is 0 Å². The minimum Gasteiger partial charge on any atom is -0.443 e. The van der Waals surface area contributed by atoms with E-state index in [2.05, 4.69) is 51.4 Å². The molecular weight excluding hydrogens is 276 g/mol. The van der Waals surface area contributed by atoms with Gasteiger partial charge in [0, 0.05) is 11.1 Å². The lowest BCUT2D eigenvalue weighted by atomic mass is 10.0. The molecule has 4 rings (SSSR count). The molecule has 0 saturated heterocycles. The van der Waals surface area contributed by atoms with Crippen LogP contribution in [0, 0.1) is 13.8 Å². The highest BCUT2D eigenvalue weighted by Gasteiger charge is 2.16. The fourth-order valence-corrected chi connectivity index (χ4v) is 2.60. The number of aryl methyl sites for hydroxylation is 2. The lowest BCUT2D eigenvalue weighted by Gasteiger charge is -2.04. The third-order valence-electron chi connectivity index (χ3n) is 3.69. The van der Waals surface area contributed by atoms with Crippen LogP contribution in [-0.4, -0.2) is 20.2 Å². The number of aromatic amines is 1. The monoisotopic (exact) mass is 290 g/mol. The number of aromatic nitrogens is 4. The molecule has 108 valence electrons. The predicted molar refractivity (Wildman–Crippen MR) is 84.3 cm³/mol. The van der Waals surface area contributed by atoms with Gasteiger partial charge in [0.25, 0.3) is 0 Å². The Kier molecular flexibility index (Phi) is 2.79. The number of hydrogen-bond donors (Lipinski definition) is 1. The average Bonchev–Trinajstić information content (AvgIpc) is 3.12. The second-order valence-corrected chi connectivity index (χ2v) is 5.32. The Morgan fingerprint density at radius 2 is 1.86 bits per heavy atom. The van der Waals surface area contributed by atoms with Gasteiger partial charge in [-0.25, -0.2) is 9.97 Å². The van der Waals surface area contributed by atoms with Gasteiger partial charge in [0.05, 0.1) is 23.0 Å². The van der Waals surface area contributed by atoms with E-state index >= 15 is 0 Å². The third-order valence-corrected chi connectivity index (χ3v) is 3.69. The summed E-state index contributed by atoms with van der Waals surface area (Å²) in [6, 6.07) is 10.3. The molecule has 0 amide bonds. The van der Waals surface area contributed by atoms with Crippen LogP contribution in [-0.2, 0) is 0 Å². The third kappa shape index (κ3) is 1.98. The maximum Gasteiger partial charge on any atom is 0.229 e. The van der Waals surface area contributed by atoms with Gasteiger partial charge < -0.3 is 4.42 Å². The van der Waals surface area contributed by atoms with Crippen molar-refractivity contribution in [3.8, 4) is 22.5 Å². The summed E-state index contributed by atoms with van der Waals surface area (Å²) >= 11 is 0.